The van der Waals surface area contributed by atoms with Gasteiger partial charge in [0.15, 0.2) is 6.29 Å². The largest absolute Gasteiger partial charge is 0.497 e. The summed E-state index contributed by atoms with van der Waals surface area (Å²) in [5.74, 6) is 2.39. The topological polar surface area (TPSA) is 66.4 Å². The highest BCUT2D eigenvalue weighted by Gasteiger charge is 2.40. The number of aliphatic hydroxyl groups excluding tert-OH is 1. The van der Waals surface area contributed by atoms with Gasteiger partial charge in [0, 0.05) is 5.92 Å². The van der Waals surface area contributed by atoms with Crippen molar-refractivity contribution in [2.75, 3.05) is 34.0 Å². The molecule has 0 radical (unpaired) electrons. The predicted octanol–water partition coefficient (Wildman–Crippen LogP) is 5.65. The second-order valence-electron chi connectivity index (χ2n) is 10.0. The Hall–Kier alpha value is -2.90. The summed E-state index contributed by atoms with van der Waals surface area (Å²) < 4.78 is 30.0. The number of hydrogen-bond acceptors (Lipinski definition) is 6. The first-order chi connectivity index (χ1) is 18.4. The van der Waals surface area contributed by atoms with E-state index in [0.717, 1.165) is 28.2 Å². The van der Waals surface area contributed by atoms with E-state index in [0.29, 0.717) is 19.1 Å². The molecule has 0 saturated carbocycles. The molecule has 3 aromatic carbocycles. The summed E-state index contributed by atoms with van der Waals surface area (Å²) in [7, 11) is 3.32. The van der Waals surface area contributed by atoms with Crippen LogP contribution in [0.3, 0.4) is 0 Å². The molecule has 5 atom stereocenters. The standard InChI is InChI=1S/C32H40O6/c1-22-23(2)30(21-33)38-31(24(22)3)36-19-20-37-32(25-9-7-6-8-10-25,26-11-15-28(34-4)16-12-26)27-13-17-29(35-5)18-14-27/h6-18,22-24,30-31,33H,19-21H2,1-5H3. The third-order valence-corrected chi connectivity index (χ3v) is 8.02. The molecule has 0 aliphatic carbocycles. The normalized spacial score (nSPS) is 23.7. The van der Waals surface area contributed by atoms with Crippen LogP contribution in [0.15, 0.2) is 78.9 Å². The van der Waals surface area contributed by atoms with Crippen LogP contribution in [0.1, 0.15) is 37.5 Å². The summed E-state index contributed by atoms with van der Waals surface area (Å²) >= 11 is 0. The molecule has 38 heavy (non-hydrogen) atoms. The molecule has 1 aliphatic heterocycles. The van der Waals surface area contributed by atoms with Crippen molar-refractivity contribution in [2.45, 2.75) is 38.8 Å². The minimum Gasteiger partial charge on any atom is -0.497 e. The van der Waals surface area contributed by atoms with Gasteiger partial charge in [0.2, 0.25) is 0 Å². The van der Waals surface area contributed by atoms with Crippen LogP contribution in [0.25, 0.3) is 0 Å². The van der Waals surface area contributed by atoms with E-state index in [1.54, 1.807) is 14.2 Å². The van der Waals surface area contributed by atoms with E-state index in [1.807, 2.05) is 66.7 Å². The van der Waals surface area contributed by atoms with E-state index in [9.17, 15) is 5.11 Å². The summed E-state index contributed by atoms with van der Waals surface area (Å²) in [5.41, 5.74) is 2.05. The minimum absolute atomic E-state index is 0.0132. The average molecular weight is 521 g/mol. The van der Waals surface area contributed by atoms with Crippen molar-refractivity contribution in [1.29, 1.82) is 0 Å². The van der Waals surface area contributed by atoms with E-state index in [2.05, 4.69) is 32.9 Å². The van der Waals surface area contributed by atoms with Crippen LogP contribution in [0.4, 0.5) is 0 Å². The zero-order chi connectivity index (χ0) is 27.1. The number of methoxy groups -OCH3 is 2. The molecule has 1 aliphatic rings. The highest BCUT2D eigenvalue weighted by atomic mass is 16.7. The SMILES string of the molecule is COc1ccc(C(OCCOC2OC(CO)C(C)C(C)C2C)(c2ccccc2)c2ccc(OC)cc2)cc1. The Balaban J connectivity index is 1.64. The highest BCUT2D eigenvalue weighted by Crippen LogP contribution is 2.42. The maximum absolute atomic E-state index is 9.79. The van der Waals surface area contributed by atoms with Crippen LogP contribution < -0.4 is 9.47 Å². The fourth-order valence-electron chi connectivity index (χ4n) is 5.32. The molecule has 6 heteroatoms. The fourth-order valence-corrected chi connectivity index (χ4v) is 5.32. The first-order valence-electron chi connectivity index (χ1n) is 13.3. The number of rotatable bonds is 11. The summed E-state index contributed by atoms with van der Waals surface area (Å²) in [6.45, 7) is 7.12. The van der Waals surface area contributed by atoms with Gasteiger partial charge in [0.25, 0.3) is 0 Å². The van der Waals surface area contributed by atoms with Crippen molar-refractivity contribution < 1.29 is 28.8 Å². The van der Waals surface area contributed by atoms with E-state index in [1.165, 1.54) is 0 Å². The Bertz CT molecular complexity index is 1070. The summed E-state index contributed by atoms with van der Waals surface area (Å²) in [6, 6.07) is 26.2. The van der Waals surface area contributed by atoms with E-state index in [-0.39, 0.29) is 24.5 Å². The molecule has 5 unspecified atom stereocenters. The molecule has 1 saturated heterocycles. The molecular weight excluding hydrogens is 480 g/mol. The zero-order valence-electron chi connectivity index (χ0n) is 23.0. The predicted molar refractivity (Wildman–Crippen MR) is 147 cm³/mol. The average Bonchev–Trinajstić information content (AvgIpc) is 2.98. The molecule has 1 fully saturated rings. The van der Waals surface area contributed by atoms with Gasteiger partial charge in [0.1, 0.15) is 17.1 Å². The lowest BCUT2D eigenvalue weighted by Gasteiger charge is -2.43. The molecule has 3 aromatic rings. The van der Waals surface area contributed by atoms with Crippen molar-refractivity contribution in [1.82, 2.24) is 0 Å². The third kappa shape index (κ3) is 5.74. The van der Waals surface area contributed by atoms with Crippen LogP contribution in [0, 0.1) is 17.8 Å². The Morgan fingerprint density at radius 1 is 0.684 bits per heavy atom. The Kier molecular flexibility index (Phi) is 9.44. The van der Waals surface area contributed by atoms with Gasteiger partial charge < -0.3 is 28.8 Å². The summed E-state index contributed by atoms with van der Waals surface area (Å²) in [4.78, 5) is 0. The summed E-state index contributed by atoms with van der Waals surface area (Å²) in [5, 5.41) is 9.79. The van der Waals surface area contributed by atoms with Crippen LogP contribution in [-0.4, -0.2) is 51.5 Å². The van der Waals surface area contributed by atoms with Crippen molar-refractivity contribution >= 4 is 0 Å². The zero-order valence-corrected chi connectivity index (χ0v) is 23.0. The van der Waals surface area contributed by atoms with Gasteiger partial charge >= 0.3 is 0 Å². The molecule has 1 heterocycles. The van der Waals surface area contributed by atoms with Crippen LogP contribution >= 0.6 is 0 Å². The molecule has 1 N–H and O–H groups in total. The van der Waals surface area contributed by atoms with E-state index in [4.69, 9.17) is 23.7 Å². The fraction of sp³-hybridized carbons (Fsp3) is 0.438. The van der Waals surface area contributed by atoms with Crippen LogP contribution in [0.5, 0.6) is 11.5 Å². The summed E-state index contributed by atoms with van der Waals surface area (Å²) in [6.07, 6.45) is -0.621. The smallest absolute Gasteiger partial charge is 0.160 e. The number of hydrogen-bond donors (Lipinski definition) is 1. The van der Waals surface area contributed by atoms with Gasteiger partial charge in [-0.15, -0.1) is 0 Å². The molecule has 204 valence electrons. The Labute approximate surface area is 226 Å². The number of ether oxygens (including phenoxy) is 5. The van der Waals surface area contributed by atoms with Crippen molar-refractivity contribution in [3.05, 3.63) is 95.6 Å². The molecule has 6 nitrogen and oxygen atoms in total. The number of benzene rings is 3. The Morgan fingerprint density at radius 3 is 1.71 bits per heavy atom. The Morgan fingerprint density at radius 2 is 1.21 bits per heavy atom. The molecule has 4 rings (SSSR count). The maximum Gasteiger partial charge on any atom is 0.160 e. The second kappa shape index (κ2) is 12.8. The second-order valence-corrected chi connectivity index (χ2v) is 10.0. The molecule has 0 aromatic heterocycles. The van der Waals surface area contributed by atoms with Gasteiger partial charge in [-0.25, -0.2) is 0 Å². The van der Waals surface area contributed by atoms with Gasteiger partial charge in [-0.05, 0) is 52.8 Å². The van der Waals surface area contributed by atoms with Crippen LogP contribution in [-0.2, 0) is 19.8 Å². The molecular formula is C32H40O6. The van der Waals surface area contributed by atoms with Crippen molar-refractivity contribution in [3.63, 3.8) is 0 Å². The van der Waals surface area contributed by atoms with Crippen molar-refractivity contribution in [2.24, 2.45) is 17.8 Å². The van der Waals surface area contributed by atoms with Gasteiger partial charge in [-0.3, -0.25) is 0 Å². The van der Waals surface area contributed by atoms with Gasteiger partial charge in [-0.2, -0.15) is 0 Å². The third-order valence-electron chi connectivity index (χ3n) is 8.02. The molecule has 0 spiro atoms. The lowest BCUT2D eigenvalue weighted by molar-refractivity contribution is -0.258. The van der Waals surface area contributed by atoms with Gasteiger partial charge in [0.05, 0.1) is 40.1 Å². The van der Waals surface area contributed by atoms with E-state index >= 15 is 0 Å². The lowest BCUT2D eigenvalue weighted by Crippen LogP contribution is -2.47. The first-order valence-corrected chi connectivity index (χ1v) is 13.3. The van der Waals surface area contributed by atoms with Crippen molar-refractivity contribution in [3.8, 4) is 11.5 Å². The van der Waals surface area contributed by atoms with Gasteiger partial charge in [-0.1, -0.05) is 75.4 Å². The quantitative estimate of drug-likeness (QED) is 0.260. The number of aliphatic hydroxyl groups is 1. The minimum atomic E-state index is -0.891. The first kappa shape index (κ1) is 28.1. The maximum atomic E-state index is 9.79. The molecule has 0 bridgehead atoms. The van der Waals surface area contributed by atoms with E-state index < -0.39 is 11.9 Å². The molecule has 0 amide bonds. The highest BCUT2D eigenvalue weighted by molar-refractivity contribution is 5.49. The van der Waals surface area contributed by atoms with Crippen LogP contribution in [0.2, 0.25) is 0 Å². The lowest BCUT2D eigenvalue weighted by atomic mass is 9.79. The monoisotopic (exact) mass is 520 g/mol.